The molecule has 0 bridgehead atoms. The van der Waals surface area contributed by atoms with E-state index in [0.717, 1.165) is 6.26 Å². The van der Waals surface area contributed by atoms with Gasteiger partial charge in [0.15, 0.2) is 9.84 Å². The largest absolute Gasteiger partial charge is 0.450 e. The Kier molecular flexibility index (Phi) is 3.47. The van der Waals surface area contributed by atoms with Crippen LogP contribution in [0.5, 0.6) is 0 Å². The summed E-state index contributed by atoms with van der Waals surface area (Å²) >= 11 is 0. The summed E-state index contributed by atoms with van der Waals surface area (Å²) in [6, 6.07) is 0. The van der Waals surface area contributed by atoms with Crippen LogP contribution in [0, 0.1) is 5.92 Å². The van der Waals surface area contributed by atoms with Gasteiger partial charge >= 0.3 is 6.18 Å². The van der Waals surface area contributed by atoms with E-state index in [1.54, 1.807) is 0 Å². The van der Waals surface area contributed by atoms with Crippen molar-refractivity contribution >= 4 is 15.6 Å². The van der Waals surface area contributed by atoms with Crippen LogP contribution in [-0.4, -0.2) is 31.9 Å². The molecule has 1 rings (SSSR count). The topological polar surface area (TPSA) is 51.2 Å². The maximum absolute atomic E-state index is 12.2. The van der Waals surface area contributed by atoms with Crippen molar-refractivity contribution in [3.05, 3.63) is 12.2 Å². The number of hydrogen-bond donors (Lipinski definition) is 0. The molecule has 92 valence electrons. The van der Waals surface area contributed by atoms with E-state index in [4.69, 9.17) is 0 Å². The molecule has 0 aliphatic heterocycles. The second-order valence-corrected chi connectivity index (χ2v) is 6.04. The van der Waals surface area contributed by atoms with Gasteiger partial charge in [0.1, 0.15) is 0 Å². The van der Waals surface area contributed by atoms with Gasteiger partial charge in [0.2, 0.25) is 5.78 Å². The molecule has 0 aromatic carbocycles. The van der Waals surface area contributed by atoms with E-state index >= 15 is 0 Å². The van der Waals surface area contributed by atoms with Gasteiger partial charge < -0.3 is 0 Å². The quantitative estimate of drug-likeness (QED) is 0.703. The van der Waals surface area contributed by atoms with E-state index in [1.807, 2.05) is 0 Å². The maximum atomic E-state index is 12.2. The number of carbonyl (C=O) groups excluding carboxylic acids is 1. The lowest BCUT2D eigenvalue weighted by Gasteiger charge is -2.26. The van der Waals surface area contributed by atoms with E-state index < -0.39 is 33.0 Å². The molecule has 0 radical (unpaired) electrons. The summed E-state index contributed by atoms with van der Waals surface area (Å²) in [7, 11) is -3.65. The average molecular weight is 256 g/mol. The van der Waals surface area contributed by atoms with Crippen molar-refractivity contribution in [2.45, 2.75) is 24.3 Å². The van der Waals surface area contributed by atoms with Crippen molar-refractivity contribution in [2.75, 3.05) is 6.26 Å². The molecule has 0 amide bonds. The molecular weight excluding hydrogens is 245 g/mol. The number of sulfone groups is 1. The molecule has 1 aliphatic carbocycles. The number of ketones is 1. The highest BCUT2D eigenvalue weighted by molar-refractivity contribution is 7.91. The molecule has 0 aromatic heterocycles. The van der Waals surface area contributed by atoms with Crippen LogP contribution in [0.1, 0.15) is 12.8 Å². The summed E-state index contributed by atoms with van der Waals surface area (Å²) < 4.78 is 59.2. The Morgan fingerprint density at radius 1 is 1.25 bits per heavy atom. The summed E-state index contributed by atoms with van der Waals surface area (Å²) in [5, 5.41) is -1.26. The number of halogens is 3. The number of rotatable bonds is 2. The Balaban J connectivity index is 3.03. The van der Waals surface area contributed by atoms with Gasteiger partial charge in [-0.15, -0.1) is 0 Å². The Bertz CT molecular complexity index is 408. The summed E-state index contributed by atoms with van der Waals surface area (Å²) in [4.78, 5) is 11.1. The molecule has 1 aliphatic rings. The summed E-state index contributed by atoms with van der Waals surface area (Å²) in [6.07, 6.45) is -1.42. The zero-order chi connectivity index (χ0) is 12.6. The minimum Gasteiger partial charge on any atom is -0.289 e. The highest BCUT2D eigenvalue weighted by Crippen LogP contribution is 2.31. The lowest BCUT2D eigenvalue weighted by atomic mass is 9.89. The Hall–Kier alpha value is -0.850. The van der Waals surface area contributed by atoms with Crippen LogP contribution < -0.4 is 0 Å². The zero-order valence-corrected chi connectivity index (χ0v) is 9.31. The van der Waals surface area contributed by atoms with Crippen molar-refractivity contribution in [3.8, 4) is 0 Å². The Morgan fingerprint density at radius 3 is 2.19 bits per heavy atom. The van der Waals surface area contributed by atoms with Gasteiger partial charge in [-0.1, -0.05) is 12.2 Å². The van der Waals surface area contributed by atoms with Gasteiger partial charge in [-0.05, 0) is 12.8 Å². The molecule has 0 fully saturated rings. The number of hydrogen-bond acceptors (Lipinski definition) is 3. The minimum atomic E-state index is -4.97. The standard InChI is InChI=1S/C9H11F3O3S/c1-16(14,15)7-5-3-2-4-6(7)8(13)9(10,11)12/h2-3,6-7H,4-5H2,1H3/t6-,7-/m1/s1. The van der Waals surface area contributed by atoms with Crippen LogP contribution in [0.15, 0.2) is 12.2 Å². The molecule has 2 atom stereocenters. The van der Waals surface area contributed by atoms with Crippen molar-refractivity contribution in [1.29, 1.82) is 0 Å². The second-order valence-electron chi connectivity index (χ2n) is 3.78. The Labute approximate surface area is 91.2 Å². The number of Topliss-reactive ketones (excluding diaryl/α,β-unsaturated/α-hetero) is 1. The fourth-order valence-electron chi connectivity index (χ4n) is 1.75. The van der Waals surface area contributed by atoms with E-state index in [1.165, 1.54) is 12.2 Å². The summed E-state index contributed by atoms with van der Waals surface area (Å²) in [5.41, 5.74) is 0. The van der Waals surface area contributed by atoms with E-state index in [9.17, 15) is 26.4 Å². The van der Waals surface area contributed by atoms with Gasteiger partial charge in [-0.3, -0.25) is 4.79 Å². The van der Waals surface area contributed by atoms with Crippen molar-refractivity contribution in [1.82, 2.24) is 0 Å². The molecule has 0 N–H and O–H groups in total. The lowest BCUT2D eigenvalue weighted by molar-refractivity contribution is -0.175. The SMILES string of the molecule is CS(=O)(=O)[C@@H]1CC=CC[C@H]1C(=O)C(F)(F)F. The number of allylic oxidation sites excluding steroid dienone is 2. The van der Waals surface area contributed by atoms with Crippen molar-refractivity contribution in [3.63, 3.8) is 0 Å². The molecule has 0 saturated carbocycles. The van der Waals surface area contributed by atoms with Crippen molar-refractivity contribution < 1.29 is 26.4 Å². The van der Waals surface area contributed by atoms with Crippen LogP contribution in [0.25, 0.3) is 0 Å². The average Bonchev–Trinajstić information content (AvgIpc) is 2.14. The first-order valence-corrected chi connectivity index (χ1v) is 6.54. The molecule has 7 heteroatoms. The first kappa shape index (κ1) is 13.2. The van der Waals surface area contributed by atoms with Gasteiger partial charge in [0, 0.05) is 12.2 Å². The molecule has 0 unspecified atom stereocenters. The van der Waals surface area contributed by atoms with E-state index in [0.29, 0.717) is 0 Å². The fraction of sp³-hybridized carbons (Fsp3) is 0.667. The monoisotopic (exact) mass is 256 g/mol. The normalized spacial score (nSPS) is 26.8. The Morgan fingerprint density at radius 2 is 1.75 bits per heavy atom. The zero-order valence-electron chi connectivity index (χ0n) is 8.49. The molecule has 3 nitrogen and oxygen atoms in total. The van der Waals surface area contributed by atoms with Crippen LogP contribution in [0.2, 0.25) is 0 Å². The van der Waals surface area contributed by atoms with Crippen LogP contribution in [0.3, 0.4) is 0 Å². The predicted octanol–water partition coefficient (Wildman–Crippen LogP) is 1.50. The third-order valence-corrected chi connectivity index (χ3v) is 4.16. The summed E-state index contributed by atoms with van der Waals surface area (Å²) in [5.74, 6) is -3.45. The highest BCUT2D eigenvalue weighted by Gasteiger charge is 2.48. The first-order chi connectivity index (χ1) is 7.14. The maximum Gasteiger partial charge on any atom is 0.450 e. The predicted molar refractivity (Wildman–Crippen MR) is 51.6 cm³/mol. The van der Waals surface area contributed by atoms with Gasteiger partial charge in [0.25, 0.3) is 0 Å². The van der Waals surface area contributed by atoms with Crippen molar-refractivity contribution in [2.24, 2.45) is 5.92 Å². The van der Waals surface area contributed by atoms with Crippen LogP contribution in [-0.2, 0) is 14.6 Å². The molecular formula is C9H11F3O3S. The highest BCUT2D eigenvalue weighted by atomic mass is 32.2. The van der Waals surface area contributed by atoms with E-state index in [-0.39, 0.29) is 12.8 Å². The third kappa shape index (κ3) is 2.84. The molecule has 0 spiro atoms. The smallest absolute Gasteiger partial charge is 0.289 e. The van der Waals surface area contributed by atoms with Gasteiger partial charge in [-0.25, -0.2) is 8.42 Å². The number of alkyl halides is 3. The molecule has 0 aromatic rings. The molecule has 16 heavy (non-hydrogen) atoms. The van der Waals surface area contributed by atoms with Crippen LogP contribution >= 0.6 is 0 Å². The second kappa shape index (κ2) is 4.20. The molecule has 0 heterocycles. The lowest BCUT2D eigenvalue weighted by Crippen LogP contribution is -2.41. The van der Waals surface area contributed by atoms with Gasteiger partial charge in [0.05, 0.1) is 5.25 Å². The summed E-state index contributed by atoms with van der Waals surface area (Å²) in [6.45, 7) is 0. The molecule has 0 saturated heterocycles. The number of carbonyl (C=O) groups is 1. The third-order valence-electron chi connectivity index (χ3n) is 2.54. The van der Waals surface area contributed by atoms with Gasteiger partial charge in [-0.2, -0.15) is 13.2 Å². The van der Waals surface area contributed by atoms with Crippen LogP contribution in [0.4, 0.5) is 13.2 Å². The fourth-order valence-corrected chi connectivity index (χ4v) is 3.04. The minimum absolute atomic E-state index is 0.0364. The first-order valence-electron chi connectivity index (χ1n) is 4.59. The van der Waals surface area contributed by atoms with E-state index in [2.05, 4.69) is 0 Å².